The molecule has 4 heteroatoms. The Bertz CT molecular complexity index is 423. The van der Waals surface area contributed by atoms with Crippen LogP contribution in [0.5, 0.6) is 0 Å². The van der Waals surface area contributed by atoms with E-state index >= 15 is 0 Å². The molecule has 0 atom stereocenters. The van der Waals surface area contributed by atoms with Gasteiger partial charge in [-0.1, -0.05) is 12.1 Å². The van der Waals surface area contributed by atoms with Gasteiger partial charge in [0.25, 0.3) is 5.69 Å². The van der Waals surface area contributed by atoms with E-state index < -0.39 is 0 Å². The summed E-state index contributed by atoms with van der Waals surface area (Å²) in [4.78, 5) is 12.7. The van der Waals surface area contributed by atoms with Gasteiger partial charge in [0.2, 0.25) is 0 Å². The first kappa shape index (κ1) is 13.2. The predicted octanol–water partition coefficient (Wildman–Crippen LogP) is 3.22. The minimum Gasteiger partial charge on any atom is -0.378 e. The Balaban J connectivity index is 3.08. The smallest absolute Gasteiger partial charge is 0.276 e. The van der Waals surface area contributed by atoms with Crippen molar-refractivity contribution in [1.82, 2.24) is 4.90 Å². The van der Waals surface area contributed by atoms with Crippen molar-refractivity contribution < 1.29 is 4.92 Å². The number of aryl methyl sites for hydroxylation is 1. The molecule has 0 bridgehead atoms. The Labute approximate surface area is 102 Å². The topological polar surface area (TPSA) is 46.4 Å². The Morgan fingerprint density at radius 2 is 2.00 bits per heavy atom. The summed E-state index contributed by atoms with van der Waals surface area (Å²) in [7, 11) is 0. The fourth-order valence-corrected chi connectivity index (χ4v) is 1.66. The van der Waals surface area contributed by atoms with Gasteiger partial charge in [-0.25, -0.2) is 0 Å². The van der Waals surface area contributed by atoms with E-state index in [0.29, 0.717) is 5.56 Å². The van der Waals surface area contributed by atoms with Crippen molar-refractivity contribution in [1.29, 1.82) is 0 Å². The molecule has 0 radical (unpaired) electrons. The molecule has 1 aromatic carbocycles. The maximum absolute atomic E-state index is 10.9. The highest BCUT2D eigenvalue weighted by molar-refractivity contribution is 5.64. The van der Waals surface area contributed by atoms with Gasteiger partial charge in [-0.05, 0) is 38.6 Å². The number of nitro groups is 1. The number of hydrogen-bond acceptors (Lipinski definition) is 3. The largest absolute Gasteiger partial charge is 0.378 e. The van der Waals surface area contributed by atoms with Crippen LogP contribution >= 0.6 is 0 Å². The summed E-state index contributed by atoms with van der Waals surface area (Å²) in [5.74, 6) is 0. The average Bonchev–Trinajstić information content (AvgIpc) is 2.31. The second-order valence-electron chi connectivity index (χ2n) is 3.80. The SMILES string of the molecule is CCN(/C=C/c1c(C)cccc1[N+](=O)[O-])CC. The maximum Gasteiger partial charge on any atom is 0.276 e. The molecule has 0 aromatic heterocycles. The molecule has 0 fully saturated rings. The Morgan fingerprint density at radius 3 is 2.53 bits per heavy atom. The van der Waals surface area contributed by atoms with Crippen molar-refractivity contribution in [3.63, 3.8) is 0 Å². The fraction of sp³-hybridized carbons (Fsp3) is 0.385. The van der Waals surface area contributed by atoms with Crippen LogP contribution in [0.25, 0.3) is 6.08 Å². The van der Waals surface area contributed by atoms with E-state index in [2.05, 4.69) is 18.7 Å². The summed E-state index contributed by atoms with van der Waals surface area (Å²) in [6.45, 7) is 7.79. The lowest BCUT2D eigenvalue weighted by Gasteiger charge is -2.14. The lowest BCUT2D eigenvalue weighted by Crippen LogP contribution is -2.15. The third-order valence-electron chi connectivity index (χ3n) is 2.76. The van der Waals surface area contributed by atoms with Crippen LogP contribution in [0.3, 0.4) is 0 Å². The molecule has 1 aromatic rings. The highest BCUT2D eigenvalue weighted by Crippen LogP contribution is 2.23. The molecule has 0 aliphatic rings. The summed E-state index contributed by atoms with van der Waals surface area (Å²) >= 11 is 0. The van der Waals surface area contributed by atoms with Gasteiger partial charge in [-0.15, -0.1) is 0 Å². The molecule has 1 rings (SSSR count). The van der Waals surface area contributed by atoms with Gasteiger partial charge >= 0.3 is 0 Å². The van der Waals surface area contributed by atoms with Gasteiger partial charge in [-0.3, -0.25) is 10.1 Å². The first-order valence-corrected chi connectivity index (χ1v) is 5.76. The summed E-state index contributed by atoms with van der Waals surface area (Å²) in [5.41, 5.74) is 1.76. The molecule has 92 valence electrons. The minimum atomic E-state index is -0.338. The summed E-state index contributed by atoms with van der Waals surface area (Å²) in [6, 6.07) is 5.13. The van der Waals surface area contributed by atoms with E-state index in [1.807, 2.05) is 25.3 Å². The second kappa shape index (κ2) is 6.03. The predicted molar refractivity (Wildman–Crippen MR) is 69.8 cm³/mol. The molecule has 0 amide bonds. The number of hydrogen-bond donors (Lipinski definition) is 0. The van der Waals surface area contributed by atoms with E-state index in [4.69, 9.17) is 0 Å². The molecular weight excluding hydrogens is 216 g/mol. The zero-order valence-electron chi connectivity index (χ0n) is 10.5. The first-order valence-electron chi connectivity index (χ1n) is 5.76. The molecule has 0 aliphatic carbocycles. The van der Waals surface area contributed by atoms with Crippen molar-refractivity contribution in [2.75, 3.05) is 13.1 Å². The molecule has 0 N–H and O–H groups in total. The van der Waals surface area contributed by atoms with E-state index in [9.17, 15) is 10.1 Å². The Kier molecular flexibility index (Phi) is 4.69. The third-order valence-corrected chi connectivity index (χ3v) is 2.76. The zero-order valence-corrected chi connectivity index (χ0v) is 10.5. The normalized spacial score (nSPS) is 10.8. The quantitative estimate of drug-likeness (QED) is 0.580. The fourth-order valence-electron chi connectivity index (χ4n) is 1.66. The zero-order chi connectivity index (χ0) is 12.8. The van der Waals surface area contributed by atoms with Crippen LogP contribution in [-0.4, -0.2) is 22.9 Å². The minimum absolute atomic E-state index is 0.161. The lowest BCUT2D eigenvalue weighted by atomic mass is 10.1. The molecular formula is C13H18N2O2. The van der Waals surface area contributed by atoms with Crippen LogP contribution in [-0.2, 0) is 0 Å². The highest BCUT2D eigenvalue weighted by atomic mass is 16.6. The van der Waals surface area contributed by atoms with E-state index in [0.717, 1.165) is 18.7 Å². The summed E-state index contributed by atoms with van der Waals surface area (Å²) < 4.78 is 0. The van der Waals surface area contributed by atoms with Crippen molar-refractivity contribution in [3.05, 3.63) is 45.6 Å². The van der Waals surface area contributed by atoms with E-state index in [1.54, 1.807) is 6.07 Å². The van der Waals surface area contributed by atoms with E-state index in [-0.39, 0.29) is 10.6 Å². The number of nitrogens with zero attached hydrogens (tertiary/aromatic N) is 2. The number of rotatable bonds is 5. The number of nitro benzene ring substituents is 1. The summed E-state index contributed by atoms with van der Waals surface area (Å²) in [6.07, 6.45) is 3.73. The van der Waals surface area contributed by atoms with Crippen molar-refractivity contribution in [2.45, 2.75) is 20.8 Å². The molecule has 0 unspecified atom stereocenters. The standard InChI is InChI=1S/C13H18N2O2/c1-4-14(5-2)10-9-12-11(3)7-6-8-13(12)15(16)17/h6-10H,4-5H2,1-3H3/b10-9+. The van der Waals surface area contributed by atoms with Crippen molar-refractivity contribution in [2.24, 2.45) is 0 Å². The maximum atomic E-state index is 10.9. The van der Waals surface area contributed by atoms with Gasteiger partial charge < -0.3 is 4.90 Å². The summed E-state index contributed by atoms with van der Waals surface area (Å²) in [5, 5.41) is 10.9. The van der Waals surface area contributed by atoms with Crippen molar-refractivity contribution in [3.8, 4) is 0 Å². The van der Waals surface area contributed by atoms with Crippen LogP contribution in [0.15, 0.2) is 24.4 Å². The lowest BCUT2D eigenvalue weighted by molar-refractivity contribution is -0.385. The third kappa shape index (κ3) is 3.31. The van der Waals surface area contributed by atoms with Crippen LogP contribution in [0, 0.1) is 17.0 Å². The van der Waals surface area contributed by atoms with E-state index in [1.165, 1.54) is 6.07 Å². The Morgan fingerprint density at radius 1 is 1.35 bits per heavy atom. The highest BCUT2D eigenvalue weighted by Gasteiger charge is 2.12. The molecule has 4 nitrogen and oxygen atoms in total. The van der Waals surface area contributed by atoms with Crippen LogP contribution in [0.1, 0.15) is 25.0 Å². The Hall–Kier alpha value is -1.84. The van der Waals surface area contributed by atoms with Crippen LogP contribution < -0.4 is 0 Å². The number of benzene rings is 1. The molecule has 0 spiro atoms. The molecule has 0 saturated heterocycles. The molecule has 0 aliphatic heterocycles. The molecule has 0 saturated carbocycles. The first-order chi connectivity index (χ1) is 8.10. The van der Waals surface area contributed by atoms with Crippen molar-refractivity contribution >= 4 is 11.8 Å². The van der Waals surface area contributed by atoms with Gasteiger partial charge in [0.05, 0.1) is 10.5 Å². The van der Waals surface area contributed by atoms with Gasteiger partial charge in [-0.2, -0.15) is 0 Å². The van der Waals surface area contributed by atoms with Crippen LogP contribution in [0.2, 0.25) is 0 Å². The average molecular weight is 234 g/mol. The second-order valence-corrected chi connectivity index (χ2v) is 3.80. The molecule has 17 heavy (non-hydrogen) atoms. The van der Waals surface area contributed by atoms with Gasteiger partial charge in [0.1, 0.15) is 0 Å². The van der Waals surface area contributed by atoms with Gasteiger partial charge in [0.15, 0.2) is 0 Å². The van der Waals surface area contributed by atoms with Gasteiger partial charge in [0, 0.05) is 19.2 Å². The molecule has 0 heterocycles. The monoisotopic (exact) mass is 234 g/mol. The van der Waals surface area contributed by atoms with Crippen LogP contribution in [0.4, 0.5) is 5.69 Å².